The Morgan fingerprint density at radius 1 is 1.00 bits per heavy atom. The van der Waals surface area contributed by atoms with E-state index in [4.69, 9.17) is 4.74 Å². The second-order valence-corrected chi connectivity index (χ2v) is 11.5. The highest BCUT2D eigenvalue weighted by Crippen LogP contribution is 2.63. The van der Waals surface area contributed by atoms with Gasteiger partial charge in [0.1, 0.15) is 11.6 Å². The van der Waals surface area contributed by atoms with E-state index < -0.39 is 35.1 Å². The van der Waals surface area contributed by atoms with Gasteiger partial charge in [0.2, 0.25) is 17.7 Å². The minimum absolute atomic E-state index is 0.0447. The van der Waals surface area contributed by atoms with Gasteiger partial charge in [0.25, 0.3) is 0 Å². The first-order valence-electron chi connectivity index (χ1n) is 14.0. The number of ether oxygens (including phenoxy) is 1. The minimum atomic E-state index is -1.12. The summed E-state index contributed by atoms with van der Waals surface area (Å²) in [5.41, 5.74) is -0.0685. The lowest BCUT2D eigenvalue weighted by molar-refractivity contribution is -0.151. The first-order valence-corrected chi connectivity index (χ1v) is 14.0. The molecule has 2 bridgehead atoms. The number of hydrogen-bond donors (Lipinski definition) is 3. The van der Waals surface area contributed by atoms with Gasteiger partial charge >= 0.3 is 0 Å². The summed E-state index contributed by atoms with van der Waals surface area (Å²) in [4.78, 5) is 43.5. The van der Waals surface area contributed by atoms with Crippen LogP contribution in [0.15, 0.2) is 60.7 Å². The fraction of sp³-hybridized carbons (Fsp3) is 0.516. The molecule has 0 aromatic heterocycles. The summed E-state index contributed by atoms with van der Waals surface area (Å²) in [5, 5.41) is 16.5. The number of likely N-dealkylation sites (tertiary alicyclic amines) is 1. The molecule has 3 N–H and O–H groups in total. The van der Waals surface area contributed by atoms with Crippen molar-refractivity contribution in [3.63, 3.8) is 0 Å². The number of aliphatic hydroxyl groups excluding tert-OH is 1. The highest BCUT2D eigenvalue weighted by Gasteiger charge is 2.78. The van der Waals surface area contributed by atoms with Gasteiger partial charge in [-0.15, -0.1) is 0 Å². The second kappa shape index (κ2) is 10.7. The van der Waals surface area contributed by atoms with E-state index in [1.807, 2.05) is 81.4 Å². The number of nitrogens with one attached hydrogen (secondary N) is 2. The summed E-state index contributed by atoms with van der Waals surface area (Å²) in [7, 11) is 0. The number of carbonyl (C=O) groups excluding carboxylic acids is 3. The standard InChI is InChI=1S/C31H39N3O5/c1-4-20(2)23(19-35)34-26(28(37)33-18-22-13-9-6-10-14-22)31-16-15-30(3,39-31)24(25(31)29(34)38)27(36)32-17-21-11-7-5-8-12-21/h5-14,20,23-26,35H,4,15-19H2,1-3H3,(H,32,36)(H,33,37)/t20-,23-,24-,25-,26?,30+,31?/m0/s1. The molecule has 208 valence electrons. The minimum Gasteiger partial charge on any atom is -0.394 e. The molecule has 0 saturated carbocycles. The fourth-order valence-corrected chi connectivity index (χ4v) is 7.01. The Hall–Kier alpha value is -3.23. The van der Waals surface area contributed by atoms with E-state index in [2.05, 4.69) is 10.6 Å². The van der Waals surface area contributed by atoms with Crippen LogP contribution in [-0.4, -0.2) is 57.6 Å². The Morgan fingerprint density at radius 2 is 1.56 bits per heavy atom. The molecule has 0 radical (unpaired) electrons. The predicted molar refractivity (Wildman–Crippen MR) is 146 cm³/mol. The third-order valence-corrected chi connectivity index (χ3v) is 9.21. The molecule has 7 atom stereocenters. The van der Waals surface area contributed by atoms with Crippen molar-refractivity contribution in [3.8, 4) is 0 Å². The molecule has 3 heterocycles. The Labute approximate surface area is 230 Å². The number of carbonyl (C=O) groups is 3. The molecule has 2 aromatic carbocycles. The van der Waals surface area contributed by atoms with Crippen molar-refractivity contribution in [2.45, 2.75) is 76.4 Å². The van der Waals surface area contributed by atoms with Crippen LogP contribution in [0, 0.1) is 17.8 Å². The average Bonchev–Trinajstić information content (AvgIpc) is 3.52. The highest BCUT2D eigenvalue weighted by molar-refractivity contribution is 5.99. The number of rotatable bonds is 10. The fourth-order valence-electron chi connectivity index (χ4n) is 7.01. The third-order valence-electron chi connectivity index (χ3n) is 9.21. The van der Waals surface area contributed by atoms with Crippen LogP contribution >= 0.6 is 0 Å². The maximum atomic E-state index is 14.3. The molecular weight excluding hydrogens is 494 g/mol. The van der Waals surface area contributed by atoms with E-state index in [9.17, 15) is 19.5 Å². The maximum Gasteiger partial charge on any atom is 0.246 e. The van der Waals surface area contributed by atoms with Gasteiger partial charge in [-0.05, 0) is 36.8 Å². The number of nitrogens with zero attached hydrogens (tertiary/aromatic N) is 1. The summed E-state index contributed by atoms with van der Waals surface area (Å²) in [6.07, 6.45) is 1.80. The highest BCUT2D eigenvalue weighted by atomic mass is 16.5. The number of aliphatic hydroxyl groups is 1. The Balaban J connectivity index is 1.47. The molecule has 1 spiro atoms. The van der Waals surface area contributed by atoms with E-state index in [1.54, 1.807) is 4.90 Å². The van der Waals surface area contributed by atoms with Gasteiger partial charge in [-0.25, -0.2) is 0 Å². The van der Waals surface area contributed by atoms with E-state index in [0.29, 0.717) is 25.9 Å². The number of hydrogen-bond acceptors (Lipinski definition) is 5. The van der Waals surface area contributed by atoms with E-state index in [1.165, 1.54) is 0 Å². The molecule has 0 aliphatic carbocycles. The quantitative estimate of drug-likeness (QED) is 0.435. The van der Waals surface area contributed by atoms with Crippen molar-refractivity contribution in [2.75, 3.05) is 6.61 Å². The largest absolute Gasteiger partial charge is 0.394 e. The lowest BCUT2D eigenvalue weighted by Crippen LogP contribution is -2.59. The van der Waals surface area contributed by atoms with Crippen LogP contribution in [0.4, 0.5) is 0 Å². The van der Waals surface area contributed by atoms with Crippen molar-refractivity contribution in [1.82, 2.24) is 15.5 Å². The number of amides is 3. The molecule has 2 unspecified atom stereocenters. The summed E-state index contributed by atoms with van der Waals surface area (Å²) in [5.74, 6) is -2.40. The van der Waals surface area contributed by atoms with E-state index in [-0.39, 0.29) is 30.2 Å². The molecule has 39 heavy (non-hydrogen) atoms. The van der Waals surface area contributed by atoms with Crippen LogP contribution in [0.25, 0.3) is 0 Å². The SMILES string of the molecule is CC[C@H](C)[C@H](CO)N1C(=O)[C@@H]2[C@@H](C(=O)NCc3ccccc3)[C@@]3(C)CCC2(O3)C1C(=O)NCc1ccccc1. The van der Waals surface area contributed by atoms with E-state index in [0.717, 1.165) is 17.5 Å². The Bertz CT molecular complexity index is 1210. The summed E-state index contributed by atoms with van der Waals surface area (Å²) >= 11 is 0. The summed E-state index contributed by atoms with van der Waals surface area (Å²) in [6.45, 7) is 6.25. The van der Waals surface area contributed by atoms with Gasteiger partial charge < -0.3 is 25.4 Å². The van der Waals surface area contributed by atoms with Gasteiger partial charge in [-0.2, -0.15) is 0 Å². The summed E-state index contributed by atoms with van der Waals surface area (Å²) < 4.78 is 6.69. The normalized spacial score (nSPS) is 30.6. The van der Waals surface area contributed by atoms with E-state index >= 15 is 0 Å². The summed E-state index contributed by atoms with van der Waals surface area (Å²) in [6, 6.07) is 17.7. The first-order chi connectivity index (χ1) is 18.8. The third kappa shape index (κ3) is 4.63. The molecule has 3 saturated heterocycles. The van der Waals surface area contributed by atoms with Gasteiger partial charge in [0, 0.05) is 13.1 Å². The molecule has 5 rings (SSSR count). The first kappa shape index (κ1) is 27.3. The Kier molecular flexibility index (Phi) is 7.53. The predicted octanol–water partition coefficient (Wildman–Crippen LogP) is 2.79. The van der Waals surface area contributed by atoms with Crippen molar-refractivity contribution in [2.24, 2.45) is 17.8 Å². The second-order valence-electron chi connectivity index (χ2n) is 11.5. The van der Waals surface area contributed by atoms with Crippen molar-refractivity contribution in [1.29, 1.82) is 0 Å². The monoisotopic (exact) mass is 533 g/mol. The van der Waals surface area contributed by atoms with Gasteiger partial charge in [-0.1, -0.05) is 80.9 Å². The van der Waals surface area contributed by atoms with Crippen molar-refractivity contribution >= 4 is 17.7 Å². The number of fused-ring (bicyclic) bond motifs is 1. The zero-order valence-corrected chi connectivity index (χ0v) is 22.9. The zero-order chi connectivity index (χ0) is 27.8. The van der Waals surface area contributed by atoms with Crippen LogP contribution in [0.1, 0.15) is 51.2 Å². The average molecular weight is 534 g/mol. The topological polar surface area (TPSA) is 108 Å². The molecule has 3 fully saturated rings. The molecule has 3 aliphatic rings. The van der Waals surface area contributed by atoms with Crippen LogP contribution in [-0.2, 0) is 32.2 Å². The molecule has 3 amide bonds. The molecule has 8 nitrogen and oxygen atoms in total. The van der Waals surface area contributed by atoms with Crippen LogP contribution in [0.5, 0.6) is 0 Å². The van der Waals surface area contributed by atoms with Crippen LogP contribution < -0.4 is 10.6 Å². The number of benzene rings is 2. The van der Waals surface area contributed by atoms with Gasteiger partial charge in [0.05, 0.1) is 30.1 Å². The zero-order valence-electron chi connectivity index (χ0n) is 22.9. The molecule has 8 heteroatoms. The maximum absolute atomic E-state index is 14.3. The lowest BCUT2D eigenvalue weighted by atomic mass is 9.66. The van der Waals surface area contributed by atoms with Crippen LogP contribution in [0.2, 0.25) is 0 Å². The van der Waals surface area contributed by atoms with Gasteiger partial charge in [-0.3, -0.25) is 14.4 Å². The molecule has 2 aromatic rings. The molecular formula is C31H39N3O5. The van der Waals surface area contributed by atoms with Crippen molar-refractivity contribution < 1.29 is 24.2 Å². The lowest BCUT2D eigenvalue weighted by Gasteiger charge is -2.39. The Morgan fingerprint density at radius 3 is 2.10 bits per heavy atom. The van der Waals surface area contributed by atoms with Crippen molar-refractivity contribution in [3.05, 3.63) is 71.8 Å². The van der Waals surface area contributed by atoms with Crippen LogP contribution in [0.3, 0.4) is 0 Å². The van der Waals surface area contributed by atoms with Gasteiger partial charge in [0.15, 0.2) is 0 Å². The smallest absolute Gasteiger partial charge is 0.246 e. The molecule has 3 aliphatic heterocycles.